The third-order valence-corrected chi connectivity index (χ3v) is 18.8. The van der Waals surface area contributed by atoms with Gasteiger partial charge in [-0.1, -0.05) is 175 Å². The molecule has 0 saturated carbocycles. The molecule has 2 fully saturated rings. The molecule has 0 aromatic heterocycles. The van der Waals surface area contributed by atoms with E-state index in [0.29, 0.717) is 18.6 Å². The standard InChI is InChI=1S/C22H28O6.C18H42O6Si4.C15H15Br.C15H15.4CH4.Li/c1-3-14-7-9-15(10-8-14)11-16-5-4-6-17(12-16)22(27-2)21(26)20(25)19(24)18(13-23)28-22;1-25(2,3)20-13-14-15(22-26(4,5)6)16(23-27(7,8)9)17(18(19)21-14)24-28(10,11)12;1-2-12-6-8-13(9-7-12)10-14-4-3-5-15(16)11-14;1-2-13-8-10-15(11-9-13)12-14-6-4-3-5-7-14;;;;;/h4-10,12,18-21,23-26H,3,11,13H2,1-2H3;14-17H,13H2,1-12H3;3-9,11H,2,10H2,1H3;3-4,6-11H,2,12H2,1H3;4*1H4;/q;;;-1;;;;;+1/t18-,19-,20+,21-,22?;14-,15-,16+,17-;;;;;;;/m11......./s1. The molecule has 0 aliphatic carbocycles. The van der Waals surface area contributed by atoms with E-state index in [9.17, 15) is 25.2 Å². The number of carbonyl (C=O) groups excluding carboxylic acids is 1. The number of halogens is 1. The van der Waals surface area contributed by atoms with Gasteiger partial charge in [0.15, 0.2) is 45.5 Å². The van der Waals surface area contributed by atoms with Crippen LogP contribution in [-0.4, -0.2) is 129 Å². The number of aliphatic hydroxyl groups excluding tert-OH is 4. The van der Waals surface area contributed by atoms with E-state index in [4.69, 9.17) is 31.9 Å². The average molecular weight is 1400 g/mol. The topological polar surface area (TPSA) is 163 Å². The number of carbonyl (C=O) groups is 1. The molecule has 0 amide bonds. The summed E-state index contributed by atoms with van der Waals surface area (Å²) in [6.45, 7) is 31.7. The molecule has 0 bridgehead atoms. The summed E-state index contributed by atoms with van der Waals surface area (Å²) in [6, 6.07) is 53.2. The number of methoxy groups -OCH3 is 1. The van der Waals surface area contributed by atoms with Crippen LogP contribution in [0.25, 0.3) is 0 Å². The number of hydrogen-bond donors (Lipinski definition) is 4. The number of aryl methyl sites for hydroxylation is 3. The van der Waals surface area contributed by atoms with Gasteiger partial charge in [0, 0.05) is 17.1 Å². The molecule has 8 rings (SSSR count). The van der Waals surface area contributed by atoms with Crippen LogP contribution in [0.5, 0.6) is 0 Å². The Hall–Kier alpha value is -3.67. The zero-order valence-corrected chi connectivity index (χ0v) is 61.2. The van der Waals surface area contributed by atoms with Gasteiger partial charge in [0.05, 0.1) is 13.2 Å². The number of cyclic esters (lactones) is 1. The maximum atomic E-state index is 12.9. The second-order valence-electron chi connectivity index (χ2n) is 26.4. The van der Waals surface area contributed by atoms with Gasteiger partial charge in [0.2, 0.25) is 5.79 Å². The first kappa shape index (κ1) is 88.3. The van der Waals surface area contributed by atoms with Crippen molar-refractivity contribution in [1.82, 2.24) is 0 Å². The molecule has 4 N–H and O–H groups in total. The summed E-state index contributed by atoms with van der Waals surface area (Å²) in [6.07, 6.45) is -1.71. The van der Waals surface area contributed by atoms with Gasteiger partial charge in [0.1, 0.15) is 36.6 Å². The maximum absolute atomic E-state index is 12.9. The van der Waals surface area contributed by atoms with Crippen molar-refractivity contribution in [1.29, 1.82) is 0 Å². The Morgan fingerprint density at radius 2 is 0.946 bits per heavy atom. The molecular weight excluding hydrogens is 1280 g/mol. The molecule has 9 atom stereocenters. The summed E-state index contributed by atoms with van der Waals surface area (Å²) >= 11 is 3.50. The van der Waals surface area contributed by atoms with Crippen LogP contribution in [0.2, 0.25) is 78.6 Å². The molecule has 2 aliphatic heterocycles. The van der Waals surface area contributed by atoms with Crippen molar-refractivity contribution in [3.63, 3.8) is 0 Å². The molecule has 6 aromatic rings. The normalized spacial score (nSPS) is 21.1. The molecule has 2 saturated heterocycles. The van der Waals surface area contributed by atoms with Gasteiger partial charge in [-0.2, -0.15) is 35.9 Å². The van der Waals surface area contributed by atoms with Crippen LogP contribution >= 0.6 is 15.9 Å². The number of aliphatic hydroxyl groups is 4. The summed E-state index contributed by atoms with van der Waals surface area (Å²) in [5.41, 5.74) is 12.1. The Morgan fingerprint density at radius 3 is 1.35 bits per heavy atom. The van der Waals surface area contributed by atoms with Crippen molar-refractivity contribution in [2.75, 3.05) is 20.3 Å². The quantitative estimate of drug-likeness (QED) is 0.0307. The number of rotatable bonds is 21. The van der Waals surface area contributed by atoms with Gasteiger partial charge in [-0.3, -0.25) is 0 Å². The molecule has 0 radical (unpaired) electrons. The molecular formula is C74H116BrLiO12Si4. The molecule has 2 heterocycles. The zero-order valence-electron chi connectivity index (χ0n) is 55.6. The van der Waals surface area contributed by atoms with Gasteiger partial charge in [-0.05, 0) is 174 Å². The number of hydrogen-bond acceptors (Lipinski definition) is 12. The summed E-state index contributed by atoms with van der Waals surface area (Å²) in [5.74, 6) is -2.04. The smallest absolute Gasteiger partial charge is 0.455 e. The summed E-state index contributed by atoms with van der Waals surface area (Å²) in [4.78, 5) is 12.9. The zero-order chi connectivity index (χ0) is 64.3. The molecule has 2 aliphatic rings. The largest absolute Gasteiger partial charge is 1.00 e. The maximum Gasteiger partial charge on any atom is 1.00 e. The van der Waals surface area contributed by atoms with E-state index in [1.54, 1.807) is 6.07 Å². The molecule has 508 valence electrons. The predicted octanol–water partition coefficient (Wildman–Crippen LogP) is 13.3. The number of ether oxygens (including phenoxy) is 3. The van der Waals surface area contributed by atoms with Crippen molar-refractivity contribution in [2.45, 2.75) is 222 Å². The summed E-state index contributed by atoms with van der Waals surface area (Å²) in [5, 5.41) is 40.4. The third kappa shape index (κ3) is 29.0. The van der Waals surface area contributed by atoms with Crippen molar-refractivity contribution in [3.8, 4) is 0 Å². The Kier molecular flexibility index (Phi) is 39.2. The van der Waals surface area contributed by atoms with Crippen LogP contribution in [0.3, 0.4) is 0 Å². The second kappa shape index (κ2) is 40.8. The van der Waals surface area contributed by atoms with Crippen LogP contribution in [0.15, 0.2) is 150 Å². The van der Waals surface area contributed by atoms with Crippen LogP contribution < -0.4 is 18.9 Å². The van der Waals surface area contributed by atoms with Crippen LogP contribution in [0.1, 0.15) is 106 Å². The number of esters is 1. The van der Waals surface area contributed by atoms with E-state index in [-0.39, 0.29) is 60.6 Å². The molecule has 12 nitrogen and oxygen atoms in total. The van der Waals surface area contributed by atoms with E-state index in [0.717, 1.165) is 47.7 Å². The number of benzene rings is 6. The van der Waals surface area contributed by atoms with Gasteiger partial charge < -0.3 is 52.3 Å². The van der Waals surface area contributed by atoms with E-state index in [1.165, 1.54) is 46.1 Å². The Morgan fingerprint density at radius 1 is 0.522 bits per heavy atom. The fourth-order valence-corrected chi connectivity index (χ4v) is 14.3. The van der Waals surface area contributed by atoms with E-state index in [2.05, 4.69) is 224 Å². The minimum Gasteiger partial charge on any atom is -0.455 e. The van der Waals surface area contributed by atoms with E-state index < -0.39 is 88.4 Å². The monoisotopic (exact) mass is 1390 g/mol. The van der Waals surface area contributed by atoms with Gasteiger partial charge in [0.25, 0.3) is 0 Å². The first-order valence-electron chi connectivity index (χ1n) is 30.7. The van der Waals surface area contributed by atoms with E-state index >= 15 is 0 Å². The van der Waals surface area contributed by atoms with Crippen LogP contribution in [0.4, 0.5) is 0 Å². The van der Waals surface area contributed by atoms with Crippen molar-refractivity contribution >= 4 is 55.2 Å². The van der Waals surface area contributed by atoms with Crippen molar-refractivity contribution < 1.29 is 76.0 Å². The Labute approximate surface area is 581 Å². The first-order chi connectivity index (χ1) is 40.9. The molecule has 18 heteroatoms. The second-order valence-corrected chi connectivity index (χ2v) is 45.2. The summed E-state index contributed by atoms with van der Waals surface area (Å²) < 4.78 is 43.6. The van der Waals surface area contributed by atoms with Crippen LogP contribution in [-0.2, 0) is 81.0 Å². The minimum atomic E-state index is -2.00. The van der Waals surface area contributed by atoms with Gasteiger partial charge in [-0.15, -0.1) is 0 Å². The first-order valence-corrected chi connectivity index (χ1v) is 45.1. The minimum absolute atomic E-state index is 0. The fraction of sp³-hybridized carbons (Fsp3) is 0.500. The molecule has 92 heavy (non-hydrogen) atoms. The third-order valence-electron chi connectivity index (χ3n) is 14.4. The van der Waals surface area contributed by atoms with Crippen molar-refractivity contribution in [2.24, 2.45) is 0 Å². The molecule has 6 aromatic carbocycles. The molecule has 0 spiro atoms. The molecule has 1 unspecified atom stereocenters. The average Bonchev–Trinajstić information content (AvgIpc) is 0.767. The van der Waals surface area contributed by atoms with Crippen molar-refractivity contribution in [3.05, 3.63) is 212 Å². The Bertz CT molecular complexity index is 2990. The van der Waals surface area contributed by atoms with Crippen LogP contribution in [0, 0.1) is 6.07 Å². The summed E-state index contributed by atoms with van der Waals surface area (Å²) in [7, 11) is -6.30. The van der Waals surface area contributed by atoms with Gasteiger partial charge >= 0.3 is 24.8 Å². The van der Waals surface area contributed by atoms with E-state index in [1.807, 2.05) is 36.4 Å². The van der Waals surface area contributed by atoms with Gasteiger partial charge in [-0.25, -0.2) is 4.79 Å². The predicted molar refractivity (Wildman–Crippen MR) is 391 cm³/mol. The fourth-order valence-electron chi connectivity index (χ4n) is 9.98. The SMILES string of the molecule is C.C.C.C.CCc1ccc(Cc2c[c-]ccc2)cc1.CCc1ccc(Cc2cccc(Br)c2)cc1.CCc1ccc(Cc2cccc(C3(OC)O[C@H](CO)[C@@H](O)[C@H](O)[C@H]3O)c2)cc1.C[Si](C)(C)OC[C@H]1OC(=O)[C@H](O[Si](C)(C)C)[C@@H](O[Si](C)(C)C)[C@@H]1O[Si](C)(C)C.[Li+]. The Balaban J connectivity index is 0.00000122.